The topological polar surface area (TPSA) is 57.0 Å². The number of benzene rings is 2. The third kappa shape index (κ3) is 2.56. The van der Waals surface area contributed by atoms with Gasteiger partial charge in [0.2, 0.25) is 0 Å². The van der Waals surface area contributed by atoms with Gasteiger partial charge in [0.25, 0.3) is 0 Å². The number of carbonyl (C=O) groups excluding carboxylic acids is 1. The molecular weight excluding hydrogens is 254 g/mol. The maximum atomic E-state index is 11.7. The van der Waals surface area contributed by atoms with Crippen LogP contribution in [-0.2, 0) is 4.79 Å². The molecule has 0 amide bonds. The van der Waals surface area contributed by atoms with Gasteiger partial charge in [0.05, 0.1) is 0 Å². The van der Waals surface area contributed by atoms with Gasteiger partial charge < -0.3 is 4.84 Å². The van der Waals surface area contributed by atoms with Crippen molar-refractivity contribution in [2.45, 2.75) is 0 Å². The summed E-state index contributed by atoms with van der Waals surface area (Å²) in [5.41, 5.74) is 2.24. The van der Waals surface area contributed by atoms with Gasteiger partial charge in [0.1, 0.15) is 11.0 Å². The molecule has 0 spiro atoms. The summed E-state index contributed by atoms with van der Waals surface area (Å²) >= 11 is 0. The summed E-state index contributed by atoms with van der Waals surface area (Å²) in [4.78, 5) is 18.0. The van der Waals surface area contributed by atoms with Crippen molar-refractivity contribution < 1.29 is 9.63 Å². The standard InChI is InChI=1S/C15H11N3O2/c19-15(11-10-12-6-2-1-3-7-12)20-18-14-9-5-4-8-13(14)16-17-18/h1-11H/b11-10+. The van der Waals surface area contributed by atoms with E-state index >= 15 is 0 Å². The predicted octanol–water partition coefficient (Wildman–Crippen LogP) is 2.10. The molecule has 2 aromatic carbocycles. The molecule has 1 aromatic heterocycles. The minimum Gasteiger partial charge on any atom is -0.312 e. The molecule has 5 nitrogen and oxygen atoms in total. The van der Waals surface area contributed by atoms with Crippen LogP contribution in [0.4, 0.5) is 0 Å². The average molecular weight is 265 g/mol. The fraction of sp³-hybridized carbons (Fsp3) is 0. The Morgan fingerprint density at radius 3 is 2.65 bits per heavy atom. The Bertz CT molecular complexity index is 763. The second-order valence-electron chi connectivity index (χ2n) is 4.11. The zero-order valence-electron chi connectivity index (χ0n) is 10.5. The van der Waals surface area contributed by atoms with E-state index in [2.05, 4.69) is 10.3 Å². The zero-order valence-corrected chi connectivity index (χ0v) is 10.5. The largest absolute Gasteiger partial charge is 0.358 e. The number of rotatable bonds is 3. The van der Waals surface area contributed by atoms with Gasteiger partial charge in [-0.1, -0.05) is 47.3 Å². The Labute approximate surface area is 115 Å². The van der Waals surface area contributed by atoms with Crippen LogP contribution < -0.4 is 4.84 Å². The highest BCUT2D eigenvalue weighted by Gasteiger charge is 2.06. The third-order valence-corrected chi connectivity index (χ3v) is 2.71. The molecule has 0 N–H and O–H groups in total. The summed E-state index contributed by atoms with van der Waals surface area (Å²) in [5, 5.41) is 7.68. The first-order valence-corrected chi connectivity index (χ1v) is 6.09. The fourth-order valence-electron chi connectivity index (χ4n) is 1.76. The van der Waals surface area contributed by atoms with E-state index in [9.17, 15) is 4.79 Å². The van der Waals surface area contributed by atoms with Gasteiger partial charge in [-0.15, -0.1) is 5.10 Å². The van der Waals surface area contributed by atoms with Crippen molar-refractivity contribution in [3.05, 3.63) is 66.2 Å². The molecule has 0 saturated carbocycles. The molecule has 20 heavy (non-hydrogen) atoms. The normalized spacial score (nSPS) is 11.0. The van der Waals surface area contributed by atoms with E-state index < -0.39 is 5.97 Å². The predicted molar refractivity (Wildman–Crippen MR) is 74.6 cm³/mol. The van der Waals surface area contributed by atoms with Gasteiger partial charge in [0.15, 0.2) is 0 Å². The lowest BCUT2D eigenvalue weighted by Crippen LogP contribution is -2.18. The van der Waals surface area contributed by atoms with E-state index in [-0.39, 0.29) is 0 Å². The van der Waals surface area contributed by atoms with Gasteiger partial charge in [0, 0.05) is 6.08 Å². The second-order valence-corrected chi connectivity index (χ2v) is 4.11. The van der Waals surface area contributed by atoms with Gasteiger partial charge in [-0.05, 0) is 29.0 Å². The van der Waals surface area contributed by atoms with Crippen LogP contribution in [0.2, 0.25) is 0 Å². The van der Waals surface area contributed by atoms with Crippen LogP contribution in [0.5, 0.6) is 0 Å². The molecule has 3 rings (SSSR count). The summed E-state index contributed by atoms with van der Waals surface area (Å²) in [6.45, 7) is 0. The SMILES string of the molecule is O=C(/C=C/c1ccccc1)On1nnc2ccccc21. The number of carbonyl (C=O) groups is 1. The fourth-order valence-corrected chi connectivity index (χ4v) is 1.76. The molecule has 5 heteroatoms. The van der Waals surface area contributed by atoms with E-state index in [0.29, 0.717) is 11.0 Å². The first-order chi connectivity index (χ1) is 9.83. The number of hydrogen-bond donors (Lipinski definition) is 0. The molecule has 0 unspecified atom stereocenters. The van der Waals surface area contributed by atoms with Gasteiger partial charge >= 0.3 is 5.97 Å². The highest BCUT2D eigenvalue weighted by Crippen LogP contribution is 2.08. The molecule has 0 aliphatic rings. The minimum absolute atomic E-state index is 0.510. The van der Waals surface area contributed by atoms with Crippen molar-refractivity contribution in [3.8, 4) is 0 Å². The lowest BCUT2D eigenvalue weighted by atomic mass is 10.2. The maximum Gasteiger partial charge on any atom is 0.358 e. The van der Waals surface area contributed by atoms with Crippen LogP contribution in [0.3, 0.4) is 0 Å². The highest BCUT2D eigenvalue weighted by atomic mass is 16.7. The minimum atomic E-state index is -0.510. The molecule has 0 radical (unpaired) electrons. The highest BCUT2D eigenvalue weighted by molar-refractivity contribution is 5.87. The second kappa shape index (κ2) is 5.36. The van der Waals surface area contributed by atoms with Gasteiger partial charge in [-0.3, -0.25) is 0 Å². The number of hydrogen-bond acceptors (Lipinski definition) is 4. The Hall–Kier alpha value is -2.95. The van der Waals surface area contributed by atoms with E-state index in [1.807, 2.05) is 42.5 Å². The van der Waals surface area contributed by atoms with Crippen molar-refractivity contribution in [3.63, 3.8) is 0 Å². The van der Waals surface area contributed by atoms with Crippen molar-refractivity contribution in [1.82, 2.24) is 15.2 Å². The monoisotopic (exact) mass is 265 g/mol. The molecule has 98 valence electrons. The molecular formula is C15H11N3O2. The van der Waals surface area contributed by atoms with Crippen molar-refractivity contribution in [2.75, 3.05) is 0 Å². The number of nitrogens with zero attached hydrogens (tertiary/aromatic N) is 3. The summed E-state index contributed by atoms with van der Waals surface area (Å²) < 4.78 is 0. The quantitative estimate of drug-likeness (QED) is 0.537. The number of fused-ring (bicyclic) bond motifs is 1. The Kier molecular flexibility index (Phi) is 3.24. The lowest BCUT2D eigenvalue weighted by Gasteiger charge is -1.99. The van der Waals surface area contributed by atoms with Crippen LogP contribution >= 0.6 is 0 Å². The van der Waals surface area contributed by atoms with Crippen molar-refractivity contribution in [2.24, 2.45) is 0 Å². The summed E-state index contributed by atoms with van der Waals surface area (Å²) in [5.74, 6) is -0.510. The summed E-state index contributed by atoms with van der Waals surface area (Å²) in [6.07, 6.45) is 3.03. The Morgan fingerprint density at radius 1 is 1.05 bits per heavy atom. The molecule has 3 aromatic rings. The molecule has 0 aliphatic carbocycles. The van der Waals surface area contributed by atoms with E-state index in [1.165, 1.54) is 6.08 Å². The van der Waals surface area contributed by atoms with Crippen molar-refractivity contribution >= 4 is 23.1 Å². The molecule has 0 atom stereocenters. The Morgan fingerprint density at radius 2 is 1.80 bits per heavy atom. The Balaban J connectivity index is 1.75. The molecule has 1 heterocycles. The van der Waals surface area contributed by atoms with E-state index in [0.717, 1.165) is 10.4 Å². The third-order valence-electron chi connectivity index (χ3n) is 2.71. The van der Waals surface area contributed by atoms with E-state index in [4.69, 9.17) is 4.84 Å². The van der Waals surface area contributed by atoms with Crippen molar-refractivity contribution in [1.29, 1.82) is 0 Å². The molecule has 0 saturated heterocycles. The maximum absolute atomic E-state index is 11.7. The van der Waals surface area contributed by atoms with Crippen LogP contribution in [0, 0.1) is 0 Å². The number of para-hydroxylation sites is 1. The van der Waals surface area contributed by atoms with Crippen LogP contribution in [-0.4, -0.2) is 21.1 Å². The smallest absolute Gasteiger partial charge is 0.312 e. The van der Waals surface area contributed by atoms with Crippen LogP contribution in [0.25, 0.3) is 17.1 Å². The zero-order chi connectivity index (χ0) is 13.8. The molecule has 0 aliphatic heterocycles. The lowest BCUT2D eigenvalue weighted by molar-refractivity contribution is -0.139. The van der Waals surface area contributed by atoms with E-state index in [1.54, 1.807) is 18.2 Å². The first-order valence-electron chi connectivity index (χ1n) is 6.09. The summed E-state index contributed by atoms with van der Waals surface area (Å²) in [6, 6.07) is 16.8. The summed E-state index contributed by atoms with van der Waals surface area (Å²) in [7, 11) is 0. The van der Waals surface area contributed by atoms with Gasteiger partial charge in [-0.25, -0.2) is 4.79 Å². The van der Waals surface area contributed by atoms with Crippen LogP contribution in [0.1, 0.15) is 5.56 Å². The first kappa shape index (κ1) is 12.1. The molecule has 0 bridgehead atoms. The van der Waals surface area contributed by atoms with Gasteiger partial charge in [-0.2, -0.15) is 0 Å². The number of aromatic nitrogens is 3. The average Bonchev–Trinajstić information content (AvgIpc) is 2.90. The molecule has 0 fully saturated rings. The van der Waals surface area contributed by atoms with Crippen LogP contribution in [0.15, 0.2) is 60.7 Å².